The molecule has 2 saturated carbocycles. The van der Waals surface area contributed by atoms with Crippen molar-refractivity contribution in [1.82, 2.24) is 25.8 Å². The third-order valence-electron chi connectivity index (χ3n) is 15.5. The maximum absolute atomic E-state index is 14.3. The SMILES string of the molecule is COc1cc2c(cc1OCCCCCOc1cc3c(cc1OC)C(=O)N1CC4(CC4)C[C@H]1C(O)N3C(=O)OCc1ccc(NC(=O)[C@H](C)NC(=O)[C@@H](NC(=O)CNC(=O)CN)C(C)C)cc1)N=C[C@@H]1CC3(CC3)CN1C2=O. The van der Waals surface area contributed by atoms with Gasteiger partial charge in [-0.25, -0.2) is 9.69 Å². The summed E-state index contributed by atoms with van der Waals surface area (Å²) in [6.07, 6.45) is 7.17. The van der Waals surface area contributed by atoms with E-state index in [1.165, 1.54) is 20.1 Å². The Morgan fingerprint density at radius 1 is 0.766 bits per heavy atom. The molecule has 77 heavy (non-hydrogen) atoms. The van der Waals surface area contributed by atoms with Gasteiger partial charge in [0, 0.05) is 37.1 Å². The fraction of sp³-hybridized carbons (Fsp3) is 0.527. The lowest BCUT2D eigenvalue weighted by atomic mass is 10.0. The monoisotopic (exact) mass is 1060 g/mol. The lowest BCUT2D eigenvalue weighted by Gasteiger charge is -2.31. The van der Waals surface area contributed by atoms with Gasteiger partial charge in [-0.1, -0.05) is 26.0 Å². The van der Waals surface area contributed by atoms with Crippen molar-refractivity contribution >= 4 is 64.8 Å². The molecule has 3 aromatic carbocycles. The van der Waals surface area contributed by atoms with E-state index in [-0.39, 0.29) is 83.7 Å². The number of anilines is 2. The summed E-state index contributed by atoms with van der Waals surface area (Å²) in [6.45, 7) is 5.91. The molecule has 4 fully saturated rings. The predicted molar refractivity (Wildman–Crippen MR) is 281 cm³/mol. The Hall–Kier alpha value is -7.46. The highest BCUT2D eigenvalue weighted by atomic mass is 16.6. The van der Waals surface area contributed by atoms with Crippen molar-refractivity contribution in [3.63, 3.8) is 0 Å². The predicted octanol–water partition coefficient (Wildman–Crippen LogP) is 4.17. The molecule has 22 nitrogen and oxygen atoms in total. The van der Waals surface area contributed by atoms with Gasteiger partial charge in [-0.15, -0.1) is 0 Å². The zero-order valence-corrected chi connectivity index (χ0v) is 44.2. The largest absolute Gasteiger partial charge is 0.493 e. The van der Waals surface area contributed by atoms with Gasteiger partial charge < -0.3 is 65.6 Å². The van der Waals surface area contributed by atoms with E-state index in [0.717, 1.165) is 50.0 Å². The Labute approximate surface area is 446 Å². The standard InChI is InChI=1S/C55H69N9O13/c1-31(2)47(61-46(66)27-58-45(65)25-56)49(68)59-32(3)48(67)60-34-11-9-33(10-12-34)28-77-53(72)64-39-22-44(42(74-5)20-37(39)51(70)63-30-55(15-16-55)24-40(63)52(64)71)76-18-8-6-7-17-75-43-21-38-36(19-41(43)73-4)50(69)62-29-54(13-14-54)23-35(62)26-57-38/h9-12,19-22,26,31-32,35,40,47,52,71H,6-8,13-18,23-25,27-30,56H2,1-5H3,(H,58,65)(H,59,68)(H,60,67)(H,61,66)/t32-,35-,40-,47-,52?/m0/s1. The minimum absolute atomic E-state index is 0.00416. The number of unbranched alkanes of at least 4 members (excludes halogenated alkanes) is 2. The second kappa shape index (κ2) is 22.6. The summed E-state index contributed by atoms with van der Waals surface area (Å²) in [5.74, 6) is -1.45. The molecule has 1 unspecified atom stereocenters. The second-order valence-corrected chi connectivity index (χ2v) is 21.5. The number of amides is 7. The van der Waals surface area contributed by atoms with Crippen molar-refractivity contribution in [2.75, 3.05) is 63.8 Å². The van der Waals surface area contributed by atoms with Crippen LogP contribution in [-0.4, -0.2) is 147 Å². The molecule has 7 N–H and O–H groups in total. The van der Waals surface area contributed by atoms with Crippen molar-refractivity contribution in [1.29, 1.82) is 0 Å². The fourth-order valence-electron chi connectivity index (χ4n) is 10.7. The van der Waals surface area contributed by atoms with E-state index in [9.17, 15) is 38.7 Å². The molecule has 7 amide bonds. The number of methoxy groups -OCH3 is 2. The quantitative estimate of drug-likeness (QED) is 0.0818. The molecule has 3 aromatic rings. The number of rotatable bonds is 21. The number of nitrogens with one attached hydrogen (secondary N) is 4. The van der Waals surface area contributed by atoms with Crippen LogP contribution in [0, 0.1) is 16.7 Å². The van der Waals surface area contributed by atoms with Crippen LogP contribution in [0.3, 0.4) is 0 Å². The Balaban J connectivity index is 0.800. The van der Waals surface area contributed by atoms with Gasteiger partial charge in [0.05, 0.1) is 75.1 Å². The van der Waals surface area contributed by atoms with E-state index in [1.807, 2.05) is 11.1 Å². The molecule has 6 aliphatic rings. The number of ether oxygens (including phenoxy) is 5. The summed E-state index contributed by atoms with van der Waals surface area (Å²) in [7, 11) is 3.02. The van der Waals surface area contributed by atoms with E-state index in [0.29, 0.717) is 66.4 Å². The normalized spacial score (nSPS) is 20.7. The third kappa shape index (κ3) is 11.9. The molecule has 4 heterocycles. The summed E-state index contributed by atoms with van der Waals surface area (Å²) in [5.41, 5.74) is 7.69. The maximum atomic E-state index is 14.3. The summed E-state index contributed by atoms with van der Waals surface area (Å²) in [6, 6.07) is 10.4. The lowest BCUT2D eigenvalue weighted by Crippen LogP contribution is -2.55. The van der Waals surface area contributed by atoms with E-state index in [4.69, 9.17) is 34.4 Å². The highest BCUT2D eigenvalue weighted by molar-refractivity contribution is 6.06. The number of aliphatic imine (C=N–C) groups is 1. The topological polar surface area (TPSA) is 282 Å². The van der Waals surface area contributed by atoms with Crippen molar-refractivity contribution in [2.45, 2.75) is 116 Å². The summed E-state index contributed by atoms with van der Waals surface area (Å²) < 4.78 is 29.6. The number of aliphatic hydroxyl groups is 1. The number of aliphatic hydroxyl groups excluding tert-OH is 1. The average molecular weight is 1060 g/mol. The molecular formula is C55H69N9O13. The van der Waals surface area contributed by atoms with Crippen molar-refractivity contribution < 1.29 is 62.4 Å². The van der Waals surface area contributed by atoms with Gasteiger partial charge in [-0.05, 0) is 111 Å². The number of hydrogen-bond donors (Lipinski definition) is 6. The highest BCUT2D eigenvalue weighted by Crippen LogP contribution is 2.57. The highest BCUT2D eigenvalue weighted by Gasteiger charge is 2.58. The maximum Gasteiger partial charge on any atom is 0.416 e. The van der Waals surface area contributed by atoms with E-state index >= 15 is 0 Å². The van der Waals surface area contributed by atoms with E-state index in [1.54, 1.807) is 68.3 Å². The lowest BCUT2D eigenvalue weighted by molar-refractivity contribution is -0.132. The van der Waals surface area contributed by atoms with Crippen LogP contribution in [0.4, 0.5) is 21.9 Å². The first-order valence-corrected chi connectivity index (χ1v) is 26.4. The molecule has 412 valence electrons. The Bertz CT molecular complexity index is 2810. The van der Waals surface area contributed by atoms with Gasteiger partial charge in [0.2, 0.25) is 23.6 Å². The third-order valence-corrected chi connectivity index (χ3v) is 15.5. The van der Waals surface area contributed by atoms with Gasteiger partial charge in [0.15, 0.2) is 29.2 Å². The van der Waals surface area contributed by atoms with Crippen LogP contribution in [0.5, 0.6) is 23.0 Å². The number of benzene rings is 3. The molecular weight excluding hydrogens is 995 g/mol. The molecule has 0 bridgehead atoms. The number of carbonyl (C=O) groups excluding carboxylic acids is 7. The molecule has 2 spiro atoms. The molecule has 0 radical (unpaired) electrons. The summed E-state index contributed by atoms with van der Waals surface area (Å²) in [4.78, 5) is 102. The van der Waals surface area contributed by atoms with Gasteiger partial charge in [0.25, 0.3) is 11.8 Å². The zero-order valence-electron chi connectivity index (χ0n) is 44.2. The van der Waals surface area contributed by atoms with Crippen LogP contribution in [-0.2, 0) is 30.5 Å². The van der Waals surface area contributed by atoms with Crippen molar-refractivity contribution in [3.8, 4) is 23.0 Å². The molecule has 4 aliphatic heterocycles. The summed E-state index contributed by atoms with van der Waals surface area (Å²) >= 11 is 0. The van der Waals surface area contributed by atoms with Crippen LogP contribution in [0.15, 0.2) is 53.5 Å². The zero-order chi connectivity index (χ0) is 54.8. The number of hydrogen-bond acceptors (Lipinski definition) is 15. The number of fused-ring (bicyclic) bond motifs is 4. The van der Waals surface area contributed by atoms with E-state index < -0.39 is 54.1 Å². The second-order valence-electron chi connectivity index (χ2n) is 21.5. The van der Waals surface area contributed by atoms with Gasteiger partial charge in [0.1, 0.15) is 18.7 Å². The molecule has 5 atom stereocenters. The molecule has 22 heteroatoms. The van der Waals surface area contributed by atoms with Crippen LogP contribution >= 0.6 is 0 Å². The minimum atomic E-state index is -1.44. The number of nitrogens with two attached hydrogens (primary N) is 1. The van der Waals surface area contributed by atoms with Crippen LogP contribution in [0.25, 0.3) is 0 Å². The smallest absolute Gasteiger partial charge is 0.416 e. The Morgan fingerprint density at radius 3 is 2.03 bits per heavy atom. The first-order valence-electron chi connectivity index (χ1n) is 26.4. The number of carbonyl (C=O) groups is 7. The average Bonchev–Trinajstić information content (AvgIpc) is 4.41. The van der Waals surface area contributed by atoms with Gasteiger partial charge >= 0.3 is 6.09 Å². The first kappa shape index (κ1) is 54.3. The van der Waals surface area contributed by atoms with Crippen LogP contribution in [0.1, 0.15) is 105 Å². The van der Waals surface area contributed by atoms with Gasteiger partial charge in [-0.3, -0.25) is 33.8 Å². The fourth-order valence-corrected chi connectivity index (χ4v) is 10.7. The molecule has 0 aromatic heterocycles. The van der Waals surface area contributed by atoms with Crippen LogP contribution < -0.4 is 50.8 Å². The molecule has 2 saturated heterocycles. The minimum Gasteiger partial charge on any atom is -0.493 e. The van der Waals surface area contributed by atoms with E-state index in [2.05, 4.69) is 21.3 Å². The molecule has 2 aliphatic carbocycles. The summed E-state index contributed by atoms with van der Waals surface area (Å²) in [5, 5.41) is 22.3. The first-order chi connectivity index (χ1) is 36.9. The Morgan fingerprint density at radius 2 is 1.39 bits per heavy atom. The Kier molecular flexibility index (Phi) is 16.0. The molecule has 9 rings (SSSR count). The van der Waals surface area contributed by atoms with Crippen molar-refractivity contribution in [2.24, 2.45) is 27.5 Å². The van der Waals surface area contributed by atoms with Gasteiger partial charge in [-0.2, -0.15) is 0 Å². The van der Waals surface area contributed by atoms with Crippen molar-refractivity contribution in [3.05, 3.63) is 65.2 Å². The van der Waals surface area contributed by atoms with Crippen LogP contribution in [0.2, 0.25) is 0 Å². The number of nitrogens with zero attached hydrogens (tertiary/aromatic N) is 4.